The second-order valence-electron chi connectivity index (χ2n) is 12.9. The number of rotatable bonds is 4. The van der Waals surface area contributed by atoms with E-state index < -0.39 is 0 Å². The highest BCUT2D eigenvalue weighted by molar-refractivity contribution is 7.99. The highest BCUT2D eigenvalue weighted by atomic mass is 32.2. The van der Waals surface area contributed by atoms with E-state index in [-0.39, 0.29) is 0 Å². The number of hydrogen-bond donors (Lipinski definition) is 0. The fraction of sp³-hybridized carbons (Fsp3) is 0. The summed E-state index contributed by atoms with van der Waals surface area (Å²) in [4.78, 5) is 17.7. The van der Waals surface area contributed by atoms with Gasteiger partial charge in [-0.25, -0.2) is 15.0 Å². The second-order valence-corrected chi connectivity index (χ2v) is 13.9. The van der Waals surface area contributed by atoms with Crippen LogP contribution in [-0.2, 0) is 0 Å². The minimum atomic E-state index is 0.648. The molecule has 6 heteroatoms. The molecule has 11 rings (SSSR count). The first-order valence-corrected chi connectivity index (χ1v) is 17.9. The molecule has 0 fully saturated rings. The van der Waals surface area contributed by atoms with Crippen molar-refractivity contribution in [3.63, 3.8) is 0 Å². The molecule has 0 saturated heterocycles. The van der Waals surface area contributed by atoms with Crippen LogP contribution in [-0.4, -0.2) is 24.1 Å². The van der Waals surface area contributed by atoms with E-state index in [1.54, 1.807) is 0 Å². The average molecular weight is 670 g/mol. The molecule has 3 aromatic heterocycles. The molecule has 0 aliphatic carbocycles. The summed E-state index contributed by atoms with van der Waals surface area (Å²) in [6.45, 7) is 0. The van der Waals surface area contributed by atoms with Crippen LogP contribution in [0.4, 0.5) is 0 Å². The molecule has 5 nitrogen and oxygen atoms in total. The first kappa shape index (κ1) is 28.3. The molecule has 0 bridgehead atoms. The number of aromatic nitrogens is 5. The van der Waals surface area contributed by atoms with Crippen molar-refractivity contribution < 1.29 is 0 Å². The van der Waals surface area contributed by atoms with Crippen LogP contribution in [0.2, 0.25) is 0 Å². The quantitative estimate of drug-likeness (QED) is 0.187. The van der Waals surface area contributed by atoms with Crippen molar-refractivity contribution in [2.24, 2.45) is 0 Å². The first-order valence-electron chi connectivity index (χ1n) is 17.0. The SMILES string of the molecule is c1ccc(-c2nc(-c3ccc4c(c3)Sc3cccc5c6c7ccccc7n(-c7ccccc7)c6n-4c35)nc(-c3cccc4ccccc34)n2)cc1. The Morgan fingerprint density at radius 1 is 0.451 bits per heavy atom. The van der Waals surface area contributed by atoms with E-state index in [0.29, 0.717) is 17.5 Å². The lowest BCUT2D eigenvalue weighted by Gasteiger charge is -2.22. The Labute approximate surface area is 297 Å². The highest BCUT2D eigenvalue weighted by Crippen LogP contribution is 2.50. The molecular weight excluding hydrogens is 643 g/mol. The fourth-order valence-corrected chi connectivity index (χ4v) is 8.85. The van der Waals surface area contributed by atoms with Gasteiger partial charge in [0.25, 0.3) is 0 Å². The van der Waals surface area contributed by atoms with Crippen LogP contribution in [0, 0.1) is 0 Å². The van der Waals surface area contributed by atoms with Gasteiger partial charge in [-0.2, -0.15) is 0 Å². The maximum Gasteiger partial charge on any atom is 0.164 e. The van der Waals surface area contributed by atoms with E-state index in [1.165, 1.54) is 37.7 Å². The van der Waals surface area contributed by atoms with Crippen molar-refractivity contribution in [3.05, 3.63) is 164 Å². The minimum absolute atomic E-state index is 0.648. The standard InChI is InChI=1S/C45H27N5S/c1-3-14-29(15-4-1)42-46-43(48-44(47-42)33-21-11-16-28-13-7-8-19-32(28)33)30-25-26-37-39(27-30)51-38-24-12-22-35-40-34-20-9-10-23-36(34)49(31-17-5-2-6-18-31)45(40)50(37)41(35)38/h1-27H. The van der Waals surface area contributed by atoms with Gasteiger partial charge in [-0.3, -0.25) is 9.13 Å². The zero-order valence-electron chi connectivity index (χ0n) is 27.2. The molecule has 4 heterocycles. The lowest BCUT2D eigenvalue weighted by Crippen LogP contribution is -2.06. The maximum absolute atomic E-state index is 5.16. The molecule has 0 saturated carbocycles. The average Bonchev–Trinajstić information content (AvgIpc) is 3.72. The van der Waals surface area contributed by atoms with Crippen LogP contribution in [0.5, 0.6) is 0 Å². The third-order valence-corrected chi connectivity index (χ3v) is 11.0. The van der Waals surface area contributed by atoms with Gasteiger partial charge in [-0.15, -0.1) is 0 Å². The van der Waals surface area contributed by atoms with E-state index >= 15 is 0 Å². The van der Waals surface area contributed by atoms with Crippen LogP contribution < -0.4 is 0 Å². The van der Waals surface area contributed by atoms with Crippen LogP contribution in [0.1, 0.15) is 0 Å². The summed E-state index contributed by atoms with van der Waals surface area (Å²) < 4.78 is 4.88. The van der Waals surface area contributed by atoms with E-state index in [4.69, 9.17) is 15.0 Å². The van der Waals surface area contributed by atoms with E-state index in [0.717, 1.165) is 43.7 Å². The molecular formula is C45H27N5S. The maximum atomic E-state index is 5.16. The summed E-state index contributed by atoms with van der Waals surface area (Å²) in [7, 11) is 0. The Morgan fingerprint density at radius 3 is 1.98 bits per heavy atom. The Hall–Kier alpha value is -6.50. The molecule has 1 aliphatic rings. The molecule has 0 unspecified atom stereocenters. The van der Waals surface area contributed by atoms with Crippen LogP contribution in [0.3, 0.4) is 0 Å². The number of hydrogen-bond acceptors (Lipinski definition) is 4. The second kappa shape index (κ2) is 11.0. The molecule has 7 aromatic carbocycles. The van der Waals surface area contributed by atoms with Crippen molar-refractivity contribution in [1.82, 2.24) is 24.1 Å². The van der Waals surface area contributed by atoms with Gasteiger partial charge in [0.05, 0.1) is 16.7 Å². The van der Waals surface area contributed by atoms with Crippen molar-refractivity contribution in [3.8, 4) is 45.5 Å². The van der Waals surface area contributed by atoms with Crippen LogP contribution >= 0.6 is 11.8 Å². The molecule has 51 heavy (non-hydrogen) atoms. The highest BCUT2D eigenvalue weighted by Gasteiger charge is 2.28. The van der Waals surface area contributed by atoms with E-state index in [9.17, 15) is 0 Å². The topological polar surface area (TPSA) is 48.5 Å². The molecule has 0 atom stereocenters. The van der Waals surface area contributed by atoms with Crippen LogP contribution in [0.25, 0.3) is 89.2 Å². The number of fused-ring (bicyclic) bond motifs is 8. The first-order chi connectivity index (χ1) is 25.3. The fourth-order valence-electron chi connectivity index (χ4n) is 7.72. The number of nitrogens with zero attached hydrogens (tertiary/aromatic N) is 5. The Balaban J connectivity index is 1.16. The summed E-state index contributed by atoms with van der Waals surface area (Å²) in [5.41, 5.74) is 8.78. The molecule has 10 aromatic rings. The van der Waals surface area contributed by atoms with Gasteiger partial charge in [0.2, 0.25) is 0 Å². The van der Waals surface area contributed by atoms with Crippen molar-refractivity contribution in [2.75, 3.05) is 0 Å². The molecule has 1 aliphatic heterocycles. The van der Waals surface area contributed by atoms with Gasteiger partial charge in [0.15, 0.2) is 17.5 Å². The minimum Gasteiger partial charge on any atom is -0.295 e. The summed E-state index contributed by atoms with van der Waals surface area (Å²) in [5, 5.41) is 6.05. The Morgan fingerprint density at radius 2 is 1.12 bits per heavy atom. The third-order valence-electron chi connectivity index (χ3n) is 9.94. The smallest absolute Gasteiger partial charge is 0.164 e. The van der Waals surface area contributed by atoms with Gasteiger partial charge >= 0.3 is 0 Å². The lowest BCUT2D eigenvalue weighted by molar-refractivity contribution is 1.02. The van der Waals surface area contributed by atoms with Crippen molar-refractivity contribution in [1.29, 1.82) is 0 Å². The van der Waals surface area contributed by atoms with Gasteiger partial charge in [-0.1, -0.05) is 133 Å². The molecule has 0 spiro atoms. The molecule has 238 valence electrons. The number of para-hydroxylation sites is 3. The largest absolute Gasteiger partial charge is 0.295 e. The summed E-state index contributed by atoms with van der Waals surface area (Å²) >= 11 is 1.81. The summed E-state index contributed by atoms with van der Waals surface area (Å²) in [6, 6.07) is 57.7. The predicted octanol–water partition coefficient (Wildman–Crippen LogP) is 11.5. The van der Waals surface area contributed by atoms with Crippen molar-refractivity contribution in [2.45, 2.75) is 9.79 Å². The zero-order chi connectivity index (χ0) is 33.5. The molecule has 0 radical (unpaired) electrons. The Kier molecular flexibility index (Phi) is 6.12. The summed E-state index contributed by atoms with van der Waals surface area (Å²) in [6.07, 6.45) is 0. The summed E-state index contributed by atoms with van der Waals surface area (Å²) in [5.74, 6) is 1.96. The zero-order valence-corrected chi connectivity index (χ0v) is 28.0. The van der Waals surface area contributed by atoms with Gasteiger partial charge in [0, 0.05) is 48.3 Å². The Bertz CT molecular complexity index is 2990. The molecule has 0 N–H and O–H groups in total. The molecule has 0 amide bonds. The predicted molar refractivity (Wildman–Crippen MR) is 209 cm³/mol. The van der Waals surface area contributed by atoms with Gasteiger partial charge in [-0.05, 0) is 53.2 Å². The normalized spacial score (nSPS) is 12.2. The third kappa shape index (κ3) is 4.27. The van der Waals surface area contributed by atoms with Gasteiger partial charge < -0.3 is 0 Å². The van der Waals surface area contributed by atoms with Crippen molar-refractivity contribution >= 4 is 55.4 Å². The lowest BCUT2D eigenvalue weighted by atomic mass is 10.0. The van der Waals surface area contributed by atoms with Crippen LogP contribution in [0.15, 0.2) is 174 Å². The van der Waals surface area contributed by atoms with E-state index in [2.05, 4.69) is 155 Å². The number of benzene rings is 7. The van der Waals surface area contributed by atoms with Gasteiger partial charge in [0.1, 0.15) is 5.65 Å². The van der Waals surface area contributed by atoms with E-state index in [1.807, 2.05) is 30.0 Å². The monoisotopic (exact) mass is 669 g/mol.